The molecule has 3 aromatic carbocycles. The molecule has 0 fully saturated rings. The molecule has 5 heteroatoms. The summed E-state index contributed by atoms with van der Waals surface area (Å²) in [7, 11) is 0. The van der Waals surface area contributed by atoms with Crippen LogP contribution in [0.1, 0.15) is 10.4 Å². The Morgan fingerprint density at radius 3 is 1.96 bits per heavy atom. The second-order valence-corrected chi connectivity index (χ2v) is 6.74. The maximum Gasteiger partial charge on any atom is 0.255 e. The fraction of sp³-hybridized carbons (Fsp3) is 0.0952. The minimum atomic E-state index is -0.148. The molecule has 0 bridgehead atoms. The van der Waals surface area contributed by atoms with Gasteiger partial charge >= 0.3 is 0 Å². The first-order chi connectivity index (χ1) is 12.7. The molecule has 0 atom stereocenters. The van der Waals surface area contributed by atoms with Crippen LogP contribution in [0.2, 0.25) is 0 Å². The second kappa shape index (κ2) is 9.24. The molecule has 0 aliphatic heterocycles. The Balaban J connectivity index is 1.46. The van der Waals surface area contributed by atoms with Crippen molar-refractivity contribution >= 4 is 34.2 Å². The first-order valence-corrected chi connectivity index (χ1v) is 9.26. The molecule has 0 aromatic heterocycles. The smallest absolute Gasteiger partial charge is 0.255 e. The zero-order chi connectivity index (χ0) is 18.2. The number of carbonyl (C=O) groups excluding carboxylic acids is 1. The topological polar surface area (TPSA) is 47.6 Å². The Morgan fingerprint density at radius 2 is 1.35 bits per heavy atom. The quantitative estimate of drug-likeness (QED) is 0.400. The summed E-state index contributed by atoms with van der Waals surface area (Å²) in [6, 6.07) is 24.3. The molecule has 0 aliphatic rings. The highest BCUT2D eigenvalue weighted by atomic mass is 127. The third-order valence-electron chi connectivity index (χ3n) is 3.58. The van der Waals surface area contributed by atoms with Crippen LogP contribution in [0.4, 0.5) is 5.69 Å². The van der Waals surface area contributed by atoms with E-state index in [2.05, 4.69) is 27.9 Å². The van der Waals surface area contributed by atoms with Gasteiger partial charge in [-0.25, -0.2) is 0 Å². The van der Waals surface area contributed by atoms with E-state index >= 15 is 0 Å². The van der Waals surface area contributed by atoms with E-state index in [1.54, 1.807) is 24.3 Å². The maximum absolute atomic E-state index is 12.3. The lowest BCUT2D eigenvalue weighted by Crippen LogP contribution is -2.12. The molecule has 3 rings (SSSR count). The van der Waals surface area contributed by atoms with E-state index in [1.165, 1.54) is 0 Å². The van der Waals surface area contributed by atoms with Crippen molar-refractivity contribution in [1.82, 2.24) is 0 Å². The SMILES string of the molecule is O=C(Nc1ccc(I)cc1)c1ccc(OCCOc2ccccc2)cc1. The summed E-state index contributed by atoms with van der Waals surface area (Å²) in [6.07, 6.45) is 0. The Morgan fingerprint density at radius 1 is 0.769 bits per heavy atom. The summed E-state index contributed by atoms with van der Waals surface area (Å²) in [6.45, 7) is 0.891. The van der Waals surface area contributed by atoms with Crippen molar-refractivity contribution in [3.63, 3.8) is 0 Å². The summed E-state index contributed by atoms with van der Waals surface area (Å²) in [5.74, 6) is 1.37. The van der Waals surface area contributed by atoms with Crippen molar-refractivity contribution in [2.75, 3.05) is 18.5 Å². The van der Waals surface area contributed by atoms with Crippen LogP contribution in [0.15, 0.2) is 78.9 Å². The van der Waals surface area contributed by atoms with E-state index in [0.29, 0.717) is 24.5 Å². The summed E-state index contributed by atoms with van der Waals surface area (Å²) in [4.78, 5) is 12.3. The molecule has 1 N–H and O–H groups in total. The Kier molecular flexibility index (Phi) is 6.49. The lowest BCUT2D eigenvalue weighted by Gasteiger charge is -2.09. The average molecular weight is 459 g/mol. The largest absolute Gasteiger partial charge is 0.490 e. The van der Waals surface area contributed by atoms with Crippen molar-refractivity contribution in [2.24, 2.45) is 0 Å². The number of anilines is 1. The van der Waals surface area contributed by atoms with Gasteiger partial charge in [-0.3, -0.25) is 4.79 Å². The van der Waals surface area contributed by atoms with Crippen molar-refractivity contribution < 1.29 is 14.3 Å². The van der Waals surface area contributed by atoms with Gasteiger partial charge in [0, 0.05) is 14.8 Å². The molecule has 0 saturated carbocycles. The van der Waals surface area contributed by atoms with Crippen LogP contribution >= 0.6 is 22.6 Å². The van der Waals surface area contributed by atoms with Gasteiger partial charge < -0.3 is 14.8 Å². The number of carbonyl (C=O) groups is 1. The summed E-state index contributed by atoms with van der Waals surface area (Å²) in [5, 5.41) is 2.87. The van der Waals surface area contributed by atoms with Gasteiger partial charge in [0.05, 0.1) is 0 Å². The number of nitrogens with one attached hydrogen (secondary N) is 1. The monoisotopic (exact) mass is 459 g/mol. The van der Waals surface area contributed by atoms with Gasteiger partial charge in [-0.05, 0) is 83.3 Å². The van der Waals surface area contributed by atoms with Gasteiger partial charge in [0.25, 0.3) is 5.91 Å². The first kappa shape index (κ1) is 18.3. The van der Waals surface area contributed by atoms with E-state index in [4.69, 9.17) is 9.47 Å². The number of rotatable bonds is 7. The molecular formula is C21H18INO3. The molecule has 0 radical (unpaired) electrons. The number of para-hydroxylation sites is 1. The van der Waals surface area contributed by atoms with Gasteiger partial charge in [0.15, 0.2) is 0 Å². The Bertz CT molecular complexity index is 833. The predicted octanol–water partition coefficient (Wildman–Crippen LogP) is 5.00. The normalized spacial score (nSPS) is 10.2. The minimum absolute atomic E-state index is 0.148. The number of hydrogen-bond donors (Lipinski definition) is 1. The van der Waals surface area contributed by atoms with Crippen LogP contribution in [0.25, 0.3) is 0 Å². The zero-order valence-electron chi connectivity index (χ0n) is 14.0. The molecule has 1 amide bonds. The Labute approximate surface area is 166 Å². The van der Waals surface area contributed by atoms with Crippen molar-refractivity contribution in [3.05, 3.63) is 88.0 Å². The fourth-order valence-electron chi connectivity index (χ4n) is 2.27. The minimum Gasteiger partial charge on any atom is -0.490 e. The summed E-state index contributed by atoms with van der Waals surface area (Å²) < 4.78 is 12.3. The van der Waals surface area contributed by atoms with Gasteiger partial charge in [-0.1, -0.05) is 18.2 Å². The number of ether oxygens (including phenoxy) is 2. The molecule has 0 aliphatic carbocycles. The molecule has 0 spiro atoms. The van der Waals surface area contributed by atoms with E-state index in [-0.39, 0.29) is 5.91 Å². The van der Waals surface area contributed by atoms with Gasteiger partial charge in [0.1, 0.15) is 24.7 Å². The molecule has 4 nitrogen and oxygen atoms in total. The predicted molar refractivity (Wildman–Crippen MR) is 111 cm³/mol. The maximum atomic E-state index is 12.3. The third-order valence-corrected chi connectivity index (χ3v) is 4.30. The van der Waals surface area contributed by atoms with E-state index in [1.807, 2.05) is 54.6 Å². The van der Waals surface area contributed by atoms with Crippen molar-refractivity contribution in [2.45, 2.75) is 0 Å². The first-order valence-electron chi connectivity index (χ1n) is 8.18. The molecule has 26 heavy (non-hydrogen) atoms. The highest BCUT2D eigenvalue weighted by Gasteiger charge is 2.06. The fourth-order valence-corrected chi connectivity index (χ4v) is 2.63. The summed E-state index contributed by atoms with van der Waals surface area (Å²) in [5.41, 5.74) is 1.35. The Hall–Kier alpha value is -2.54. The summed E-state index contributed by atoms with van der Waals surface area (Å²) >= 11 is 2.23. The van der Waals surface area contributed by atoms with Crippen LogP contribution in [-0.4, -0.2) is 19.1 Å². The van der Waals surface area contributed by atoms with E-state index in [0.717, 1.165) is 15.0 Å². The lowest BCUT2D eigenvalue weighted by molar-refractivity contribution is 0.102. The molecule has 132 valence electrons. The number of amides is 1. The lowest BCUT2D eigenvalue weighted by atomic mass is 10.2. The van der Waals surface area contributed by atoms with Crippen LogP contribution in [0, 0.1) is 3.57 Å². The molecule has 0 heterocycles. The molecule has 0 saturated heterocycles. The number of halogens is 1. The molecule has 3 aromatic rings. The number of hydrogen-bond acceptors (Lipinski definition) is 3. The average Bonchev–Trinajstić information content (AvgIpc) is 2.68. The zero-order valence-corrected chi connectivity index (χ0v) is 16.2. The van der Waals surface area contributed by atoms with Crippen LogP contribution in [0.3, 0.4) is 0 Å². The highest BCUT2D eigenvalue weighted by Crippen LogP contribution is 2.16. The van der Waals surface area contributed by atoms with Crippen LogP contribution in [0.5, 0.6) is 11.5 Å². The van der Waals surface area contributed by atoms with Crippen LogP contribution < -0.4 is 14.8 Å². The van der Waals surface area contributed by atoms with E-state index < -0.39 is 0 Å². The van der Waals surface area contributed by atoms with Gasteiger partial charge in [-0.2, -0.15) is 0 Å². The number of benzene rings is 3. The third kappa shape index (κ3) is 5.49. The molecule has 0 unspecified atom stereocenters. The van der Waals surface area contributed by atoms with E-state index in [9.17, 15) is 4.79 Å². The van der Waals surface area contributed by atoms with Gasteiger partial charge in [-0.15, -0.1) is 0 Å². The van der Waals surface area contributed by atoms with Crippen LogP contribution in [-0.2, 0) is 0 Å². The van der Waals surface area contributed by atoms with Crippen molar-refractivity contribution in [3.8, 4) is 11.5 Å². The highest BCUT2D eigenvalue weighted by molar-refractivity contribution is 14.1. The van der Waals surface area contributed by atoms with Crippen molar-refractivity contribution in [1.29, 1.82) is 0 Å². The van der Waals surface area contributed by atoms with Gasteiger partial charge in [0.2, 0.25) is 0 Å². The standard InChI is InChI=1S/C21H18INO3/c22-17-8-10-18(11-9-17)23-21(24)16-6-12-20(13-7-16)26-15-14-25-19-4-2-1-3-5-19/h1-13H,14-15H2,(H,23,24). The second-order valence-electron chi connectivity index (χ2n) is 5.50. The molecular weight excluding hydrogens is 441 g/mol.